The van der Waals surface area contributed by atoms with Crippen LogP contribution in [0.3, 0.4) is 0 Å². The molecule has 0 bridgehead atoms. The SMILES string of the molecule is CCCCCCn1c(O)c2c(c1O)CCCC2. The average Bonchev–Trinajstić information content (AvgIpc) is 2.60. The molecule has 1 aliphatic rings. The van der Waals surface area contributed by atoms with Crippen LogP contribution in [0.2, 0.25) is 0 Å². The molecule has 2 N–H and O–H groups in total. The topological polar surface area (TPSA) is 45.4 Å². The highest BCUT2D eigenvalue weighted by Gasteiger charge is 2.23. The maximum atomic E-state index is 10.1. The summed E-state index contributed by atoms with van der Waals surface area (Å²) in [6, 6.07) is 0. The van der Waals surface area contributed by atoms with E-state index in [1.165, 1.54) is 12.8 Å². The molecule has 3 nitrogen and oxygen atoms in total. The van der Waals surface area contributed by atoms with Crippen molar-refractivity contribution in [1.29, 1.82) is 0 Å². The van der Waals surface area contributed by atoms with Crippen molar-refractivity contribution >= 4 is 0 Å². The third-order valence-electron chi connectivity index (χ3n) is 3.75. The molecule has 0 saturated carbocycles. The van der Waals surface area contributed by atoms with E-state index in [0.717, 1.165) is 56.2 Å². The average molecular weight is 237 g/mol. The van der Waals surface area contributed by atoms with E-state index in [4.69, 9.17) is 0 Å². The Hall–Kier alpha value is -1.12. The third kappa shape index (κ3) is 2.43. The van der Waals surface area contributed by atoms with Crippen LogP contribution in [0.15, 0.2) is 0 Å². The van der Waals surface area contributed by atoms with Gasteiger partial charge >= 0.3 is 0 Å². The maximum absolute atomic E-state index is 10.1. The Bertz CT molecular complexity index is 353. The van der Waals surface area contributed by atoms with Gasteiger partial charge in [-0.2, -0.15) is 0 Å². The standard InChI is InChI=1S/C14H23NO2/c1-2-3-4-7-10-15-13(16)11-8-5-6-9-12(11)14(15)17/h16-17H,2-10H2,1H3. The third-order valence-corrected chi connectivity index (χ3v) is 3.75. The molecule has 0 spiro atoms. The van der Waals surface area contributed by atoms with E-state index in [1.807, 2.05) is 0 Å². The summed E-state index contributed by atoms with van der Waals surface area (Å²) >= 11 is 0. The second-order valence-corrected chi connectivity index (χ2v) is 5.02. The zero-order chi connectivity index (χ0) is 12.3. The van der Waals surface area contributed by atoms with E-state index in [9.17, 15) is 10.2 Å². The fourth-order valence-corrected chi connectivity index (χ4v) is 2.73. The number of unbranched alkanes of at least 4 members (excludes halogenated alkanes) is 3. The van der Waals surface area contributed by atoms with Crippen LogP contribution in [0.25, 0.3) is 0 Å². The van der Waals surface area contributed by atoms with Crippen LogP contribution in [-0.2, 0) is 19.4 Å². The monoisotopic (exact) mass is 237 g/mol. The first-order valence-corrected chi connectivity index (χ1v) is 6.87. The lowest BCUT2D eigenvalue weighted by molar-refractivity contribution is 0.359. The first kappa shape index (κ1) is 12.3. The molecular formula is C14H23NO2. The Labute approximate surface area is 103 Å². The number of hydrogen-bond acceptors (Lipinski definition) is 2. The van der Waals surface area contributed by atoms with E-state index in [-0.39, 0.29) is 0 Å². The molecule has 0 aromatic carbocycles. The van der Waals surface area contributed by atoms with Crippen molar-refractivity contribution in [2.24, 2.45) is 0 Å². The van der Waals surface area contributed by atoms with Crippen molar-refractivity contribution in [1.82, 2.24) is 4.57 Å². The van der Waals surface area contributed by atoms with Crippen LogP contribution in [0.5, 0.6) is 11.8 Å². The lowest BCUT2D eigenvalue weighted by Gasteiger charge is -2.09. The number of hydrogen-bond donors (Lipinski definition) is 2. The molecule has 0 fully saturated rings. The highest BCUT2D eigenvalue weighted by Crippen LogP contribution is 2.38. The first-order valence-electron chi connectivity index (χ1n) is 6.87. The van der Waals surface area contributed by atoms with E-state index in [2.05, 4.69) is 6.92 Å². The van der Waals surface area contributed by atoms with Gasteiger partial charge in [0, 0.05) is 17.7 Å². The normalized spacial score (nSPS) is 14.9. The minimum atomic E-state index is 0.314. The van der Waals surface area contributed by atoms with Crippen LogP contribution in [0, 0.1) is 0 Å². The molecule has 1 heterocycles. The summed E-state index contributed by atoms with van der Waals surface area (Å²) in [6.07, 6.45) is 8.70. The Morgan fingerprint density at radius 1 is 0.941 bits per heavy atom. The molecule has 3 heteroatoms. The largest absolute Gasteiger partial charge is 0.494 e. The zero-order valence-corrected chi connectivity index (χ0v) is 10.7. The molecule has 1 aromatic heterocycles. The number of aromatic hydroxyl groups is 2. The lowest BCUT2D eigenvalue weighted by atomic mass is 9.95. The lowest BCUT2D eigenvalue weighted by Crippen LogP contribution is -1.98. The van der Waals surface area contributed by atoms with Gasteiger partial charge in [-0.1, -0.05) is 26.2 Å². The summed E-state index contributed by atoms with van der Waals surface area (Å²) in [5.74, 6) is 0.627. The number of fused-ring (bicyclic) bond motifs is 1. The zero-order valence-electron chi connectivity index (χ0n) is 10.7. The summed E-state index contributed by atoms with van der Waals surface area (Å²) in [4.78, 5) is 0. The van der Waals surface area contributed by atoms with E-state index in [1.54, 1.807) is 4.57 Å². The smallest absolute Gasteiger partial charge is 0.197 e. The second kappa shape index (κ2) is 5.48. The summed E-state index contributed by atoms with van der Waals surface area (Å²) in [5, 5.41) is 20.2. The van der Waals surface area contributed by atoms with Gasteiger partial charge in [-0.05, 0) is 32.1 Å². The van der Waals surface area contributed by atoms with Crippen molar-refractivity contribution in [3.05, 3.63) is 11.1 Å². The Kier molecular flexibility index (Phi) is 3.97. The molecule has 1 aromatic rings. The summed E-state index contributed by atoms with van der Waals surface area (Å²) in [5.41, 5.74) is 1.98. The van der Waals surface area contributed by atoms with Gasteiger partial charge in [0.05, 0.1) is 0 Å². The Morgan fingerprint density at radius 3 is 2.06 bits per heavy atom. The predicted octanol–water partition coefficient (Wildman–Crippen LogP) is 3.36. The van der Waals surface area contributed by atoms with Crippen LogP contribution >= 0.6 is 0 Å². The summed E-state index contributed by atoms with van der Waals surface area (Å²) in [7, 11) is 0. The van der Waals surface area contributed by atoms with E-state index in [0.29, 0.717) is 11.8 Å². The molecule has 0 saturated heterocycles. The van der Waals surface area contributed by atoms with Crippen molar-refractivity contribution < 1.29 is 10.2 Å². The van der Waals surface area contributed by atoms with Crippen LogP contribution in [-0.4, -0.2) is 14.8 Å². The maximum Gasteiger partial charge on any atom is 0.197 e. The second-order valence-electron chi connectivity index (χ2n) is 5.02. The molecule has 0 atom stereocenters. The van der Waals surface area contributed by atoms with Crippen LogP contribution in [0.4, 0.5) is 0 Å². The van der Waals surface area contributed by atoms with Gasteiger partial charge in [-0.15, -0.1) is 0 Å². The molecule has 0 amide bonds. The molecule has 0 radical (unpaired) electrons. The predicted molar refractivity (Wildman–Crippen MR) is 68.5 cm³/mol. The van der Waals surface area contributed by atoms with Gasteiger partial charge in [-0.3, -0.25) is 4.57 Å². The Morgan fingerprint density at radius 2 is 1.53 bits per heavy atom. The summed E-state index contributed by atoms with van der Waals surface area (Å²) < 4.78 is 1.70. The molecule has 0 unspecified atom stereocenters. The van der Waals surface area contributed by atoms with E-state index >= 15 is 0 Å². The fraction of sp³-hybridized carbons (Fsp3) is 0.714. The summed E-state index contributed by atoms with van der Waals surface area (Å²) in [6.45, 7) is 2.92. The fourth-order valence-electron chi connectivity index (χ4n) is 2.73. The molecule has 0 aliphatic heterocycles. The number of nitrogens with zero attached hydrogens (tertiary/aromatic N) is 1. The van der Waals surface area contributed by atoms with Gasteiger partial charge < -0.3 is 10.2 Å². The van der Waals surface area contributed by atoms with Crippen molar-refractivity contribution in [2.45, 2.75) is 64.8 Å². The highest BCUT2D eigenvalue weighted by molar-refractivity contribution is 5.46. The van der Waals surface area contributed by atoms with Crippen molar-refractivity contribution in [3.63, 3.8) is 0 Å². The number of aromatic nitrogens is 1. The molecule has 1 aliphatic carbocycles. The van der Waals surface area contributed by atoms with Gasteiger partial charge in [0.2, 0.25) is 0 Å². The van der Waals surface area contributed by atoms with Gasteiger partial charge in [0.15, 0.2) is 11.8 Å². The van der Waals surface area contributed by atoms with Gasteiger partial charge in [0.1, 0.15) is 0 Å². The van der Waals surface area contributed by atoms with E-state index < -0.39 is 0 Å². The first-order chi connectivity index (χ1) is 8.25. The molecular weight excluding hydrogens is 214 g/mol. The van der Waals surface area contributed by atoms with Gasteiger partial charge in [-0.25, -0.2) is 0 Å². The number of rotatable bonds is 5. The molecule has 96 valence electrons. The highest BCUT2D eigenvalue weighted by atomic mass is 16.3. The van der Waals surface area contributed by atoms with Crippen molar-refractivity contribution in [2.75, 3.05) is 0 Å². The minimum Gasteiger partial charge on any atom is -0.494 e. The molecule has 17 heavy (non-hydrogen) atoms. The quantitative estimate of drug-likeness (QED) is 0.771. The van der Waals surface area contributed by atoms with Gasteiger partial charge in [0.25, 0.3) is 0 Å². The minimum absolute atomic E-state index is 0.314. The molecule has 2 rings (SSSR count). The van der Waals surface area contributed by atoms with Crippen molar-refractivity contribution in [3.8, 4) is 11.8 Å². The van der Waals surface area contributed by atoms with Crippen LogP contribution < -0.4 is 0 Å². The van der Waals surface area contributed by atoms with Crippen LogP contribution in [0.1, 0.15) is 56.6 Å². The Balaban J connectivity index is 2.08.